The van der Waals surface area contributed by atoms with Crippen molar-refractivity contribution >= 4 is 40.1 Å². The van der Waals surface area contributed by atoms with Gasteiger partial charge >= 0.3 is 5.69 Å². The lowest BCUT2D eigenvalue weighted by Gasteiger charge is -2.12. The third-order valence-electron chi connectivity index (χ3n) is 4.81. The Hall–Kier alpha value is -4.66. The molecule has 3 aromatic carbocycles. The van der Waals surface area contributed by atoms with E-state index in [-0.39, 0.29) is 17.3 Å². The Bertz CT molecular complexity index is 1310. The number of nitrogens with one attached hydrogen (secondary N) is 2. The summed E-state index contributed by atoms with van der Waals surface area (Å²) in [6.07, 6.45) is 1.28. The second-order valence-electron chi connectivity index (χ2n) is 7.33. The van der Waals surface area contributed by atoms with Gasteiger partial charge < -0.3 is 10.6 Å². The molecule has 164 valence electrons. The van der Waals surface area contributed by atoms with Crippen LogP contribution >= 0.6 is 0 Å². The highest BCUT2D eigenvalue weighted by Gasteiger charge is 2.23. The van der Waals surface area contributed by atoms with Crippen molar-refractivity contribution in [2.45, 2.75) is 13.8 Å². The number of aryl methyl sites for hydroxylation is 2. The highest BCUT2D eigenvalue weighted by Crippen LogP contribution is 2.34. The van der Waals surface area contributed by atoms with Gasteiger partial charge in [0.25, 0.3) is 0 Å². The van der Waals surface area contributed by atoms with Crippen LogP contribution in [0.25, 0.3) is 0 Å². The summed E-state index contributed by atoms with van der Waals surface area (Å²) in [5.74, 6) is 0.193. The van der Waals surface area contributed by atoms with E-state index in [0.29, 0.717) is 11.4 Å². The van der Waals surface area contributed by atoms with Crippen LogP contribution < -0.4 is 10.6 Å². The molecule has 9 heteroatoms. The van der Waals surface area contributed by atoms with Crippen molar-refractivity contribution in [2.75, 3.05) is 10.6 Å². The van der Waals surface area contributed by atoms with Crippen LogP contribution in [0.15, 0.2) is 89.4 Å². The number of hydrogen-bond acceptors (Lipinski definition) is 8. The van der Waals surface area contributed by atoms with Gasteiger partial charge in [0.1, 0.15) is 6.33 Å². The Morgan fingerprint density at radius 2 is 1.45 bits per heavy atom. The molecular weight excluding hydrogens is 418 g/mol. The minimum Gasteiger partial charge on any atom is -0.334 e. The first-order valence-corrected chi connectivity index (χ1v) is 10.2. The zero-order valence-corrected chi connectivity index (χ0v) is 18.1. The molecule has 0 fully saturated rings. The fourth-order valence-corrected chi connectivity index (χ4v) is 3.17. The average molecular weight is 439 g/mol. The zero-order chi connectivity index (χ0) is 23.2. The summed E-state index contributed by atoms with van der Waals surface area (Å²) in [7, 11) is 0. The topological polar surface area (TPSA) is 118 Å². The molecule has 0 saturated carbocycles. The van der Waals surface area contributed by atoms with Gasteiger partial charge in [-0.05, 0) is 61.9 Å². The zero-order valence-electron chi connectivity index (χ0n) is 18.1. The molecule has 1 heterocycles. The summed E-state index contributed by atoms with van der Waals surface area (Å²) in [6, 6.07) is 22.2. The summed E-state index contributed by atoms with van der Waals surface area (Å²) < 4.78 is 0. The largest absolute Gasteiger partial charge is 0.353 e. The Labute approximate surface area is 190 Å². The van der Waals surface area contributed by atoms with Crippen molar-refractivity contribution in [1.82, 2.24) is 9.97 Å². The summed E-state index contributed by atoms with van der Waals surface area (Å²) in [6.45, 7) is 3.92. The molecule has 0 spiro atoms. The maximum Gasteiger partial charge on any atom is 0.353 e. The van der Waals surface area contributed by atoms with Gasteiger partial charge in [-0.15, -0.1) is 0 Å². The first-order chi connectivity index (χ1) is 16.0. The minimum atomic E-state index is -0.503. The Morgan fingerprint density at radius 3 is 2.09 bits per heavy atom. The van der Waals surface area contributed by atoms with Gasteiger partial charge in [0.05, 0.1) is 16.3 Å². The number of azo groups is 1. The smallest absolute Gasteiger partial charge is 0.334 e. The highest BCUT2D eigenvalue weighted by atomic mass is 16.6. The predicted octanol–water partition coefficient (Wildman–Crippen LogP) is 6.90. The Morgan fingerprint density at radius 1 is 0.818 bits per heavy atom. The molecule has 0 radical (unpaired) electrons. The molecule has 0 unspecified atom stereocenters. The molecule has 0 amide bonds. The van der Waals surface area contributed by atoms with Crippen molar-refractivity contribution in [3.63, 3.8) is 0 Å². The van der Waals surface area contributed by atoms with Crippen molar-refractivity contribution in [2.24, 2.45) is 10.2 Å². The fraction of sp³-hybridized carbons (Fsp3) is 0.0833. The van der Waals surface area contributed by atoms with Crippen molar-refractivity contribution in [3.05, 3.63) is 100 Å². The third kappa shape index (κ3) is 5.34. The lowest BCUT2D eigenvalue weighted by atomic mass is 10.1. The lowest BCUT2D eigenvalue weighted by molar-refractivity contribution is -0.383. The van der Waals surface area contributed by atoms with Gasteiger partial charge in [-0.25, -0.2) is 9.97 Å². The van der Waals surface area contributed by atoms with E-state index >= 15 is 0 Å². The van der Waals surface area contributed by atoms with E-state index in [9.17, 15) is 10.1 Å². The van der Waals surface area contributed by atoms with E-state index < -0.39 is 4.92 Å². The van der Waals surface area contributed by atoms with Crippen LogP contribution in [-0.2, 0) is 0 Å². The minimum absolute atomic E-state index is 0.0842. The molecule has 4 rings (SSSR count). The van der Waals surface area contributed by atoms with Gasteiger partial charge in [-0.1, -0.05) is 35.9 Å². The standard InChI is InChI=1S/C24H21N7O2/c1-16-8-13-21(17(2)14-16)28-24-22(31(32)33)23(25-15-26-24)27-18-9-11-20(12-10-18)30-29-19-6-4-3-5-7-19/h3-15H,1-2H3,(H2,25,26,27,28). The lowest BCUT2D eigenvalue weighted by Crippen LogP contribution is -2.06. The second-order valence-corrected chi connectivity index (χ2v) is 7.33. The predicted molar refractivity (Wildman–Crippen MR) is 128 cm³/mol. The second kappa shape index (κ2) is 9.65. The number of benzene rings is 3. The molecule has 2 N–H and O–H groups in total. The van der Waals surface area contributed by atoms with E-state index in [4.69, 9.17) is 0 Å². The maximum atomic E-state index is 11.9. The van der Waals surface area contributed by atoms with Crippen LogP contribution in [0, 0.1) is 24.0 Å². The molecular formula is C24H21N7O2. The highest BCUT2D eigenvalue weighted by molar-refractivity contribution is 5.77. The number of rotatable bonds is 7. The number of aromatic nitrogens is 2. The monoisotopic (exact) mass is 439 g/mol. The van der Waals surface area contributed by atoms with Gasteiger partial charge in [0, 0.05) is 11.4 Å². The number of nitro groups is 1. The number of anilines is 4. The maximum absolute atomic E-state index is 11.9. The SMILES string of the molecule is Cc1ccc(Nc2ncnc(Nc3ccc(N=Nc4ccccc4)cc3)c2[N+](=O)[O-])c(C)c1. The number of hydrogen-bond donors (Lipinski definition) is 2. The molecule has 0 bridgehead atoms. The van der Waals surface area contributed by atoms with E-state index in [1.165, 1.54) is 6.33 Å². The molecule has 0 aliphatic rings. The summed E-state index contributed by atoms with van der Waals surface area (Å²) in [4.78, 5) is 19.5. The van der Waals surface area contributed by atoms with Crippen LogP contribution in [0.1, 0.15) is 11.1 Å². The van der Waals surface area contributed by atoms with Crippen molar-refractivity contribution < 1.29 is 4.92 Å². The van der Waals surface area contributed by atoms with Crippen LogP contribution in [-0.4, -0.2) is 14.9 Å². The first-order valence-electron chi connectivity index (χ1n) is 10.2. The first kappa shape index (κ1) is 21.6. The number of nitrogens with zero attached hydrogens (tertiary/aromatic N) is 5. The fourth-order valence-electron chi connectivity index (χ4n) is 3.17. The molecule has 0 aliphatic carbocycles. The molecule has 33 heavy (non-hydrogen) atoms. The van der Waals surface area contributed by atoms with Crippen LogP contribution in [0.3, 0.4) is 0 Å². The normalized spacial score (nSPS) is 10.8. The quantitative estimate of drug-likeness (QED) is 0.184. The van der Waals surface area contributed by atoms with E-state index in [1.807, 2.05) is 62.4 Å². The molecule has 9 nitrogen and oxygen atoms in total. The molecule has 1 aromatic heterocycles. The van der Waals surface area contributed by atoms with E-state index in [1.54, 1.807) is 24.3 Å². The van der Waals surface area contributed by atoms with E-state index in [0.717, 1.165) is 22.5 Å². The summed E-state index contributed by atoms with van der Waals surface area (Å²) >= 11 is 0. The van der Waals surface area contributed by atoms with Gasteiger partial charge in [0.15, 0.2) is 0 Å². The van der Waals surface area contributed by atoms with Crippen LogP contribution in [0.5, 0.6) is 0 Å². The van der Waals surface area contributed by atoms with Gasteiger partial charge in [-0.2, -0.15) is 10.2 Å². The molecule has 0 aliphatic heterocycles. The Balaban J connectivity index is 1.56. The third-order valence-corrected chi connectivity index (χ3v) is 4.81. The molecule has 0 atom stereocenters. The van der Waals surface area contributed by atoms with Crippen LogP contribution in [0.4, 0.5) is 40.1 Å². The summed E-state index contributed by atoms with van der Waals surface area (Å²) in [5, 5.41) is 26.3. The van der Waals surface area contributed by atoms with E-state index in [2.05, 4.69) is 30.8 Å². The summed E-state index contributed by atoms with van der Waals surface area (Å²) in [5.41, 5.74) is 4.57. The van der Waals surface area contributed by atoms with Gasteiger partial charge in [-0.3, -0.25) is 10.1 Å². The molecule has 0 saturated heterocycles. The average Bonchev–Trinajstić information content (AvgIpc) is 2.81. The van der Waals surface area contributed by atoms with Crippen molar-refractivity contribution in [1.29, 1.82) is 0 Å². The van der Waals surface area contributed by atoms with Crippen molar-refractivity contribution in [3.8, 4) is 0 Å². The van der Waals surface area contributed by atoms with Gasteiger partial charge in [0.2, 0.25) is 11.6 Å². The Kier molecular flexibility index (Phi) is 6.31. The molecule has 4 aromatic rings. The van der Waals surface area contributed by atoms with Crippen LogP contribution in [0.2, 0.25) is 0 Å².